The van der Waals surface area contributed by atoms with E-state index in [1.807, 2.05) is 0 Å². The van der Waals surface area contributed by atoms with Gasteiger partial charge in [-0.25, -0.2) is 4.79 Å². The van der Waals surface area contributed by atoms with E-state index in [0.717, 1.165) is 18.4 Å². The van der Waals surface area contributed by atoms with Crippen LogP contribution in [0.1, 0.15) is 39.0 Å². The highest BCUT2D eigenvalue weighted by Gasteiger charge is 2.18. The van der Waals surface area contributed by atoms with Crippen LogP contribution in [-0.4, -0.2) is 5.97 Å². The van der Waals surface area contributed by atoms with Crippen LogP contribution in [0.25, 0.3) is 0 Å². The van der Waals surface area contributed by atoms with Crippen LogP contribution in [0.3, 0.4) is 0 Å². The monoisotopic (exact) mass is 180 g/mol. The van der Waals surface area contributed by atoms with Gasteiger partial charge < -0.3 is 4.74 Å². The van der Waals surface area contributed by atoms with Crippen molar-refractivity contribution in [1.29, 1.82) is 0 Å². The third kappa shape index (κ3) is 3.05. The molecule has 2 heteroatoms. The number of ether oxygens (including phenoxy) is 1. The molecule has 1 heterocycles. The lowest BCUT2D eigenvalue weighted by Gasteiger charge is -1.98. The van der Waals surface area contributed by atoms with Gasteiger partial charge in [0.05, 0.1) is 0 Å². The number of carbonyl (C=O) groups is 1. The van der Waals surface area contributed by atoms with Gasteiger partial charge in [0.15, 0.2) is 0 Å². The highest BCUT2D eigenvalue weighted by Crippen LogP contribution is 2.20. The Morgan fingerprint density at radius 2 is 2.15 bits per heavy atom. The van der Waals surface area contributed by atoms with E-state index in [4.69, 9.17) is 4.74 Å². The minimum atomic E-state index is -0.207. The number of carbonyl (C=O) groups excluding carboxylic acids is 1. The quantitative estimate of drug-likeness (QED) is 0.480. The summed E-state index contributed by atoms with van der Waals surface area (Å²) in [6.45, 7) is 5.75. The van der Waals surface area contributed by atoms with Crippen molar-refractivity contribution in [3.63, 3.8) is 0 Å². The second-order valence-electron chi connectivity index (χ2n) is 3.34. The fraction of sp³-hybridized carbons (Fsp3) is 0.545. The van der Waals surface area contributed by atoms with Crippen molar-refractivity contribution < 1.29 is 9.53 Å². The molecule has 0 radical (unpaired) electrons. The summed E-state index contributed by atoms with van der Waals surface area (Å²) in [5.74, 6) is 0.275. The van der Waals surface area contributed by atoms with Crippen molar-refractivity contribution >= 4 is 5.97 Å². The summed E-state index contributed by atoms with van der Waals surface area (Å²) in [6, 6.07) is 0. The maximum absolute atomic E-state index is 11.1. The van der Waals surface area contributed by atoms with Gasteiger partial charge in [-0.2, -0.15) is 0 Å². The first-order valence-corrected chi connectivity index (χ1v) is 4.85. The molecular weight excluding hydrogens is 164 g/mol. The van der Waals surface area contributed by atoms with Crippen molar-refractivity contribution in [2.75, 3.05) is 0 Å². The maximum atomic E-state index is 11.1. The average Bonchev–Trinajstić information content (AvgIpc) is 2.39. The summed E-state index contributed by atoms with van der Waals surface area (Å²) >= 11 is 0. The Bertz CT molecular complexity index is 238. The third-order valence-electron chi connectivity index (χ3n) is 2.12. The predicted molar refractivity (Wildman–Crippen MR) is 52.1 cm³/mol. The lowest BCUT2D eigenvalue weighted by molar-refractivity contribution is -0.133. The van der Waals surface area contributed by atoms with E-state index in [0.29, 0.717) is 5.76 Å². The summed E-state index contributed by atoms with van der Waals surface area (Å²) in [4.78, 5) is 11.1. The molecule has 0 aromatic carbocycles. The van der Waals surface area contributed by atoms with E-state index in [1.165, 1.54) is 19.3 Å². The molecule has 0 unspecified atom stereocenters. The Labute approximate surface area is 79.3 Å². The van der Waals surface area contributed by atoms with E-state index in [-0.39, 0.29) is 5.97 Å². The fourth-order valence-electron chi connectivity index (χ4n) is 1.38. The van der Waals surface area contributed by atoms with Crippen molar-refractivity contribution in [2.24, 2.45) is 0 Å². The maximum Gasteiger partial charge on any atom is 0.339 e. The predicted octanol–water partition coefficient (Wildman–Crippen LogP) is 2.95. The Balaban J connectivity index is 2.25. The first kappa shape index (κ1) is 10.0. The van der Waals surface area contributed by atoms with Gasteiger partial charge in [0, 0.05) is 5.57 Å². The molecule has 0 aromatic rings. The average molecular weight is 180 g/mol. The minimum Gasteiger partial charge on any atom is -0.424 e. The number of allylic oxidation sites excluding steroid dienone is 1. The van der Waals surface area contributed by atoms with Gasteiger partial charge in [0.2, 0.25) is 0 Å². The minimum absolute atomic E-state index is 0.207. The molecule has 0 spiro atoms. The molecule has 0 amide bonds. The highest BCUT2D eigenvalue weighted by molar-refractivity contribution is 5.92. The molecule has 0 fully saturated rings. The van der Waals surface area contributed by atoms with E-state index >= 15 is 0 Å². The normalized spacial score (nSPS) is 15.9. The largest absolute Gasteiger partial charge is 0.424 e. The Hall–Kier alpha value is -1.05. The smallest absolute Gasteiger partial charge is 0.339 e. The van der Waals surface area contributed by atoms with Gasteiger partial charge in [-0.3, -0.25) is 0 Å². The zero-order valence-electron chi connectivity index (χ0n) is 8.14. The van der Waals surface area contributed by atoms with Crippen LogP contribution >= 0.6 is 0 Å². The molecule has 1 rings (SSSR count). The van der Waals surface area contributed by atoms with Crippen molar-refractivity contribution in [3.8, 4) is 0 Å². The molecule has 72 valence electrons. The summed E-state index contributed by atoms with van der Waals surface area (Å²) in [5.41, 5.74) is 0.779. The van der Waals surface area contributed by atoms with Gasteiger partial charge in [-0.15, -0.1) is 0 Å². The first-order chi connectivity index (χ1) is 6.24. The number of unbranched alkanes of at least 4 members (excludes halogenated alkanes) is 3. The second-order valence-corrected chi connectivity index (χ2v) is 3.34. The second kappa shape index (κ2) is 4.85. The molecule has 0 bridgehead atoms. The van der Waals surface area contributed by atoms with Crippen LogP contribution in [-0.2, 0) is 9.53 Å². The molecule has 0 aliphatic carbocycles. The molecule has 0 N–H and O–H groups in total. The van der Waals surface area contributed by atoms with Crippen LogP contribution in [0.2, 0.25) is 0 Å². The van der Waals surface area contributed by atoms with Crippen LogP contribution in [0, 0.1) is 0 Å². The van der Waals surface area contributed by atoms with Crippen molar-refractivity contribution in [3.05, 3.63) is 24.0 Å². The molecular formula is C11H16O2. The zero-order chi connectivity index (χ0) is 9.68. The standard InChI is InChI=1S/C11H16O2/c1-3-4-5-6-7-10-8-9(2)13-11(10)12/h8H,2-7H2,1H3. The lowest BCUT2D eigenvalue weighted by Crippen LogP contribution is -1.98. The lowest BCUT2D eigenvalue weighted by atomic mass is 10.1. The van der Waals surface area contributed by atoms with Crippen LogP contribution in [0.15, 0.2) is 24.0 Å². The fourth-order valence-corrected chi connectivity index (χ4v) is 1.38. The van der Waals surface area contributed by atoms with Gasteiger partial charge in [0.25, 0.3) is 0 Å². The summed E-state index contributed by atoms with van der Waals surface area (Å²) < 4.78 is 4.80. The summed E-state index contributed by atoms with van der Waals surface area (Å²) in [5, 5.41) is 0. The van der Waals surface area contributed by atoms with Crippen LogP contribution < -0.4 is 0 Å². The van der Waals surface area contributed by atoms with Crippen LogP contribution in [0.5, 0.6) is 0 Å². The molecule has 0 saturated carbocycles. The first-order valence-electron chi connectivity index (χ1n) is 4.85. The van der Waals surface area contributed by atoms with E-state index in [9.17, 15) is 4.79 Å². The highest BCUT2D eigenvalue weighted by atomic mass is 16.5. The van der Waals surface area contributed by atoms with Crippen molar-refractivity contribution in [2.45, 2.75) is 39.0 Å². The number of esters is 1. The Kier molecular flexibility index (Phi) is 3.74. The molecule has 0 atom stereocenters. The van der Waals surface area contributed by atoms with Gasteiger partial charge in [0.1, 0.15) is 5.76 Å². The Morgan fingerprint density at radius 1 is 1.38 bits per heavy atom. The number of hydrogen-bond donors (Lipinski definition) is 0. The molecule has 2 nitrogen and oxygen atoms in total. The topological polar surface area (TPSA) is 26.3 Å². The summed E-state index contributed by atoms with van der Waals surface area (Å²) in [6.07, 6.45) is 7.29. The number of rotatable bonds is 5. The van der Waals surface area contributed by atoms with Gasteiger partial charge in [-0.05, 0) is 18.9 Å². The number of cyclic esters (lactones) is 1. The molecule has 0 saturated heterocycles. The summed E-state index contributed by atoms with van der Waals surface area (Å²) in [7, 11) is 0. The van der Waals surface area contributed by atoms with Gasteiger partial charge >= 0.3 is 5.97 Å². The third-order valence-corrected chi connectivity index (χ3v) is 2.12. The molecule has 13 heavy (non-hydrogen) atoms. The van der Waals surface area contributed by atoms with Crippen LogP contribution in [0.4, 0.5) is 0 Å². The molecule has 0 aromatic heterocycles. The Morgan fingerprint density at radius 3 is 2.69 bits per heavy atom. The SMILES string of the molecule is C=C1C=C(CCCCCC)C(=O)O1. The number of hydrogen-bond acceptors (Lipinski definition) is 2. The van der Waals surface area contributed by atoms with Gasteiger partial charge in [-0.1, -0.05) is 32.8 Å². The van der Waals surface area contributed by atoms with E-state index < -0.39 is 0 Å². The van der Waals surface area contributed by atoms with E-state index in [2.05, 4.69) is 13.5 Å². The molecule has 1 aliphatic heterocycles. The van der Waals surface area contributed by atoms with E-state index in [1.54, 1.807) is 6.08 Å². The molecule has 1 aliphatic rings. The van der Waals surface area contributed by atoms with Crippen molar-refractivity contribution in [1.82, 2.24) is 0 Å². The zero-order valence-corrected chi connectivity index (χ0v) is 8.14.